The maximum Gasteiger partial charge on any atom is 0.123 e. The highest BCUT2D eigenvalue weighted by Crippen LogP contribution is 2.20. The Kier molecular flexibility index (Phi) is 4.12. The maximum atomic E-state index is 5.81. The summed E-state index contributed by atoms with van der Waals surface area (Å²) in [6.07, 6.45) is 1.68. The Morgan fingerprint density at radius 3 is 2.79 bits per heavy atom. The van der Waals surface area contributed by atoms with Crippen LogP contribution in [0.1, 0.15) is 22.4 Å². The van der Waals surface area contributed by atoms with Crippen LogP contribution in [0.4, 0.5) is 0 Å². The lowest BCUT2D eigenvalue weighted by atomic mass is 10.1. The monoisotopic (exact) mass is 272 g/mol. The Labute approximate surface area is 118 Å². The fourth-order valence-corrected chi connectivity index (χ4v) is 2.08. The molecule has 19 heavy (non-hydrogen) atoms. The van der Waals surface area contributed by atoms with Gasteiger partial charge in [0.25, 0.3) is 0 Å². The number of ether oxygens (including phenoxy) is 1. The Morgan fingerprint density at radius 1 is 1.32 bits per heavy atom. The van der Waals surface area contributed by atoms with Crippen LogP contribution in [0.3, 0.4) is 0 Å². The van der Waals surface area contributed by atoms with Crippen LogP contribution in [0.15, 0.2) is 36.5 Å². The van der Waals surface area contributed by atoms with Gasteiger partial charge in [0.1, 0.15) is 23.0 Å². The van der Waals surface area contributed by atoms with Crippen molar-refractivity contribution < 1.29 is 4.74 Å². The smallest absolute Gasteiger partial charge is 0.123 e. The minimum Gasteiger partial charge on any atom is -0.489 e. The molecule has 0 unspecified atom stereocenters. The van der Waals surface area contributed by atoms with Crippen LogP contribution in [-0.2, 0) is 6.61 Å². The Balaban J connectivity index is 2.17. The summed E-state index contributed by atoms with van der Waals surface area (Å²) in [6.45, 7) is 4.49. The summed E-state index contributed by atoms with van der Waals surface area (Å²) in [7, 11) is 0. The zero-order chi connectivity index (χ0) is 13.8. The number of thiocarbonyl (C=S) groups is 1. The molecule has 0 aliphatic heterocycles. The van der Waals surface area contributed by atoms with E-state index in [0.717, 1.165) is 16.9 Å². The Bertz CT molecular complexity index is 611. The quantitative estimate of drug-likeness (QED) is 0.869. The maximum absolute atomic E-state index is 5.81. The first-order valence-corrected chi connectivity index (χ1v) is 6.42. The summed E-state index contributed by atoms with van der Waals surface area (Å²) in [5.74, 6) is 0.864. The first kappa shape index (κ1) is 13.5. The molecule has 4 heteroatoms. The molecule has 3 nitrogen and oxygen atoms in total. The van der Waals surface area contributed by atoms with Crippen molar-refractivity contribution in [3.63, 3.8) is 0 Å². The lowest BCUT2D eigenvalue weighted by Gasteiger charge is -2.11. The van der Waals surface area contributed by atoms with Gasteiger partial charge in [0.15, 0.2) is 0 Å². The second kappa shape index (κ2) is 5.80. The van der Waals surface area contributed by atoms with Gasteiger partial charge in [-0.25, -0.2) is 0 Å². The second-order valence-electron chi connectivity index (χ2n) is 4.43. The van der Waals surface area contributed by atoms with E-state index in [0.29, 0.717) is 17.3 Å². The van der Waals surface area contributed by atoms with E-state index in [4.69, 9.17) is 22.7 Å². The molecule has 0 fully saturated rings. The van der Waals surface area contributed by atoms with Crippen LogP contribution < -0.4 is 10.5 Å². The minimum absolute atomic E-state index is 0.292. The normalized spacial score (nSPS) is 10.2. The van der Waals surface area contributed by atoms with Crippen LogP contribution in [0.2, 0.25) is 0 Å². The molecule has 0 bridgehead atoms. The molecule has 0 radical (unpaired) electrons. The molecular formula is C15H16N2OS. The fourth-order valence-electron chi connectivity index (χ4n) is 1.89. The van der Waals surface area contributed by atoms with Crippen molar-refractivity contribution in [3.8, 4) is 5.75 Å². The molecule has 1 aromatic heterocycles. The average Bonchev–Trinajstić information content (AvgIpc) is 2.38. The van der Waals surface area contributed by atoms with Crippen molar-refractivity contribution in [3.05, 3.63) is 58.9 Å². The average molecular weight is 272 g/mol. The predicted molar refractivity (Wildman–Crippen MR) is 80.4 cm³/mol. The molecule has 0 aliphatic rings. The van der Waals surface area contributed by atoms with Gasteiger partial charge in [-0.15, -0.1) is 0 Å². The summed E-state index contributed by atoms with van der Waals surface area (Å²) in [5.41, 5.74) is 9.50. The summed E-state index contributed by atoms with van der Waals surface area (Å²) < 4.78 is 5.81. The van der Waals surface area contributed by atoms with E-state index in [-0.39, 0.29) is 0 Å². The zero-order valence-corrected chi connectivity index (χ0v) is 11.8. The number of pyridine rings is 1. The number of rotatable bonds is 4. The van der Waals surface area contributed by atoms with E-state index < -0.39 is 0 Å². The van der Waals surface area contributed by atoms with Gasteiger partial charge in [-0.05, 0) is 31.5 Å². The first-order valence-electron chi connectivity index (χ1n) is 6.01. The summed E-state index contributed by atoms with van der Waals surface area (Å²) in [6, 6.07) is 9.86. The third-order valence-corrected chi connectivity index (χ3v) is 3.03. The number of hydrogen-bond acceptors (Lipinski definition) is 3. The third-order valence-electron chi connectivity index (χ3n) is 2.84. The van der Waals surface area contributed by atoms with Gasteiger partial charge in [-0.3, -0.25) is 4.98 Å². The van der Waals surface area contributed by atoms with Crippen LogP contribution in [0.5, 0.6) is 5.75 Å². The number of benzene rings is 1. The van der Waals surface area contributed by atoms with E-state index in [2.05, 4.69) is 18.0 Å². The van der Waals surface area contributed by atoms with Gasteiger partial charge in [0.05, 0.1) is 0 Å². The highest BCUT2D eigenvalue weighted by Gasteiger charge is 2.07. The van der Waals surface area contributed by atoms with Crippen molar-refractivity contribution in [2.75, 3.05) is 0 Å². The number of aromatic nitrogens is 1. The minimum atomic E-state index is 0.292. The lowest BCUT2D eigenvalue weighted by Crippen LogP contribution is -2.15. The Morgan fingerprint density at radius 2 is 2.11 bits per heavy atom. The molecule has 1 heterocycles. The van der Waals surface area contributed by atoms with Crippen molar-refractivity contribution in [1.82, 2.24) is 4.98 Å². The highest BCUT2D eigenvalue weighted by atomic mass is 32.1. The molecule has 0 spiro atoms. The number of hydrogen-bond donors (Lipinski definition) is 1. The van der Waals surface area contributed by atoms with Crippen molar-refractivity contribution in [2.45, 2.75) is 20.5 Å². The van der Waals surface area contributed by atoms with E-state index in [9.17, 15) is 0 Å². The van der Waals surface area contributed by atoms with Gasteiger partial charge >= 0.3 is 0 Å². The molecule has 1 aromatic carbocycles. The van der Waals surface area contributed by atoms with Crippen molar-refractivity contribution in [1.29, 1.82) is 0 Å². The SMILES string of the molecule is Cc1ccc(OCc2cccnc2C(N)=S)c(C)c1. The third kappa shape index (κ3) is 3.29. The molecule has 2 N–H and O–H groups in total. The van der Waals surface area contributed by atoms with Crippen molar-refractivity contribution in [2.24, 2.45) is 5.73 Å². The standard InChI is InChI=1S/C15H16N2OS/c1-10-5-6-13(11(2)8-10)18-9-12-4-3-7-17-14(12)15(16)19/h3-8H,9H2,1-2H3,(H2,16,19). The molecular weight excluding hydrogens is 256 g/mol. The van der Waals surface area contributed by atoms with Gasteiger partial charge in [0.2, 0.25) is 0 Å². The molecule has 2 rings (SSSR count). The van der Waals surface area contributed by atoms with Crippen molar-refractivity contribution >= 4 is 17.2 Å². The molecule has 0 saturated carbocycles. The summed E-state index contributed by atoms with van der Waals surface area (Å²) in [4.78, 5) is 4.47. The first-order chi connectivity index (χ1) is 9.08. The van der Waals surface area contributed by atoms with Gasteiger partial charge in [-0.2, -0.15) is 0 Å². The largest absolute Gasteiger partial charge is 0.489 e. The topological polar surface area (TPSA) is 48.1 Å². The van der Waals surface area contributed by atoms with E-state index in [1.54, 1.807) is 6.20 Å². The summed E-state index contributed by atoms with van der Waals surface area (Å²) >= 11 is 4.98. The van der Waals surface area contributed by atoms with Gasteiger partial charge in [-0.1, -0.05) is 36.0 Å². The second-order valence-corrected chi connectivity index (χ2v) is 4.87. The van der Waals surface area contributed by atoms with Gasteiger partial charge < -0.3 is 10.5 Å². The van der Waals surface area contributed by atoms with Crippen LogP contribution >= 0.6 is 12.2 Å². The fraction of sp³-hybridized carbons (Fsp3) is 0.200. The van der Waals surface area contributed by atoms with Crippen LogP contribution in [-0.4, -0.2) is 9.97 Å². The lowest BCUT2D eigenvalue weighted by molar-refractivity contribution is 0.303. The molecule has 98 valence electrons. The number of nitrogens with two attached hydrogens (primary N) is 1. The van der Waals surface area contributed by atoms with E-state index in [1.165, 1.54) is 5.56 Å². The highest BCUT2D eigenvalue weighted by molar-refractivity contribution is 7.80. The zero-order valence-electron chi connectivity index (χ0n) is 11.0. The molecule has 0 amide bonds. The van der Waals surface area contributed by atoms with Crippen LogP contribution in [0.25, 0.3) is 0 Å². The predicted octanol–water partition coefficient (Wildman–Crippen LogP) is 2.91. The number of nitrogens with zero attached hydrogens (tertiary/aromatic N) is 1. The summed E-state index contributed by atoms with van der Waals surface area (Å²) in [5, 5.41) is 0. The molecule has 0 aliphatic carbocycles. The molecule has 0 saturated heterocycles. The van der Waals surface area contributed by atoms with E-state index in [1.807, 2.05) is 31.2 Å². The molecule has 0 atom stereocenters. The van der Waals surface area contributed by atoms with E-state index >= 15 is 0 Å². The Hall–Kier alpha value is -1.94. The molecule has 2 aromatic rings. The van der Waals surface area contributed by atoms with Crippen LogP contribution in [0, 0.1) is 13.8 Å². The van der Waals surface area contributed by atoms with Gasteiger partial charge in [0, 0.05) is 11.8 Å². The number of aryl methyl sites for hydroxylation is 2.